The number of hydrogen-bond donors (Lipinski definition) is 1. The Morgan fingerprint density at radius 3 is 3.00 bits per heavy atom. The van der Waals surface area contributed by atoms with E-state index in [1.807, 2.05) is 19.1 Å². The number of methoxy groups -OCH3 is 1. The summed E-state index contributed by atoms with van der Waals surface area (Å²) in [6.07, 6.45) is 2.25. The minimum Gasteiger partial charge on any atom is -0.464 e. The van der Waals surface area contributed by atoms with Crippen LogP contribution in [0.1, 0.15) is 23.2 Å². The zero-order valence-electron chi connectivity index (χ0n) is 9.11. The van der Waals surface area contributed by atoms with Gasteiger partial charge >= 0.3 is 5.97 Å². The largest absolute Gasteiger partial charge is 0.464 e. The van der Waals surface area contributed by atoms with Crippen molar-refractivity contribution in [1.82, 2.24) is 9.97 Å². The van der Waals surface area contributed by atoms with Gasteiger partial charge < -0.3 is 14.1 Å². The SMILES string of the molecule is CCc1ccc(-c2ncc(C(=O)OC)[nH]2)o1. The molecule has 0 amide bonds. The summed E-state index contributed by atoms with van der Waals surface area (Å²) in [5, 5.41) is 0. The van der Waals surface area contributed by atoms with Gasteiger partial charge in [0.2, 0.25) is 0 Å². The van der Waals surface area contributed by atoms with E-state index in [1.54, 1.807) is 0 Å². The molecule has 5 nitrogen and oxygen atoms in total. The molecule has 0 fully saturated rings. The van der Waals surface area contributed by atoms with E-state index in [-0.39, 0.29) is 0 Å². The van der Waals surface area contributed by atoms with Crippen molar-refractivity contribution < 1.29 is 13.9 Å². The van der Waals surface area contributed by atoms with Crippen LogP contribution in [-0.2, 0) is 11.2 Å². The molecule has 0 aliphatic rings. The van der Waals surface area contributed by atoms with Crippen LogP contribution in [0.25, 0.3) is 11.6 Å². The first-order valence-electron chi connectivity index (χ1n) is 4.97. The minimum absolute atomic E-state index is 0.312. The number of rotatable bonds is 3. The Bertz CT molecular complexity index is 499. The zero-order valence-corrected chi connectivity index (χ0v) is 9.11. The van der Waals surface area contributed by atoms with Crippen molar-refractivity contribution in [3.05, 3.63) is 29.8 Å². The number of aromatic nitrogens is 2. The Labute approximate surface area is 92.4 Å². The molecule has 1 N–H and O–H groups in total. The van der Waals surface area contributed by atoms with Crippen LogP contribution in [0.2, 0.25) is 0 Å². The van der Waals surface area contributed by atoms with Crippen molar-refractivity contribution in [2.75, 3.05) is 7.11 Å². The number of aryl methyl sites for hydroxylation is 1. The normalized spacial score (nSPS) is 10.4. The lowest BCUT2D eigenvalue weighted by Gasteiger charge is -1.93. The van der Waals surface area contributed by atoms with E-state index in [9.17, 15) is 4.79 Å². The van der Waals surface area contributed by atoms with Crippen molar-refractivity contribution >= 4 is 5.97 Å². The van der Waals surface area contributed by atoms with E-state index in [4.69, 9.17) is 4.42 Å². The minimum atomic E-state index is -0.443. The maximum absolute atomic E-state index is 11.2. The summed E-state index contributed by atoms with van der Waals surface area (Å²) in [7, 11) is 1.32. The van der Waals surface area contributed by atoms with E-state index in [0.717, 1.165) is 12.2 Å². The second kappa shape index (κ2) is 4.22. The molecule has 5 heteroatoms. The average molecular weight is 220 g/mol. The molecule has 0 aliphatic carbocycles. The van der Waals surface area contributed by atoms with Gasteiger partial charge in [0.15, 0.2) is 11.6 Å². The van der Waals surface area contributed by atoms with Crippen LogP contribution in [0, 0.1) is 0 Å². The van der Waals surface area contributed by atoms with Gasteiger partial charge in [-0.1, -0.05) is 6.92 Å². The molecule has 0 atom stereocenters. The molecule has 84 valence electrons. The fourth-order valence-electron chi connectivity index (χ4n) is 1.36. The molecule has 0 aliphatic heterocycles. The van der Waals surface area contributed by atoms with Crippen LogP contribution in [0.5, 0.6) is 0 Å². The average Bonchev–Trinajstić information content (AvgIpc) is 2.95. The zero-order chi connectivity index (χ0) is 11.5. The first-order chi connectivity index (χ1) is 7.74. The van der Waals surface area contributed by atoms with Crippen LogP contribution >= 0.6 is 0 Å². The molecule has 2 heterocycles. The van der Waals surface area contributed by atoms with Crippen molar-refractivity contribution in [3.8, 4) is 11.6 Å². The predicted molar refractivity (Wildman–Crippen MR) is 57.0 cm³/mol. The lowest BCUT2D eigenvalue weighted by molar-refractivity contribution is 0.0595. The molecule has 2 aromatic rings. The van der Waals surface area contributed by atoms with Crippen molar-refractivity contribution in [2.24, 2.45) is 0 Å². The van der Waals surface area contributed by atoms with Gasteiger partial charge in [-0.3, -0.25) is 0 Å². The van der Waals surface area contributed by atoms with Gasteiger partial charge in [0, 0.05) is 6.42 Å². The third-order valence-corrected chi connectivity index (χ3v) is 2.22. The molecule has 0 saturated heterocycles. The van der Waals surface area contributed by atoms with Crippen molar-refractivity contribution in [2.45, 2.75) is 13.3 Å². The first kappa shape index (κ1) is 10.5. The second-order valence-corrected chi connectivity index (χ2v) is 3.26. The predicted octanol–water partition coefficient (Wildman–Crippen LogP) is 2.02. The highest BCUT2D eigenvalue weighted by Gasteiger charge is 2.12. The Morgan fingerprint density at radius 1 is 1.56 bits per heavy atom. The number of hydrogen-bond acceptors (Lipinski definition) is 4. The molecular weight excluding hydrogens is 208 g/mol. The second-order valence-electron chi connectivity index (χ2n) is 3.26. The van der Waals surface area contributed by atoms with E-state index in [2.05, 4.69) is 14.7 Å². The Balaban J connectivity index is 2.27. The highest BCUT2D eigenvalue weighted by atomic mass is 16.5. The van der Waals surface area contributed by atoms with Crippen LogP contribution < -0.4 is 0 Å². The summed E-state index contributed by atoms with van der Waals surface area (Å²) >= 11 is 0. The highest BCUT2D eigenvalue weighted by molar-refractivity contribution is 5.87. The number of aromatic amines is 1. The summed E-state index contributed by atoms with van der Waals surface area (Å²) in [6.45, 7) is 2.00. The summed E-state index contributed by atoms with van der Waals surface area (Å²) in [6, 6.07) is 3.70. The van der Waals surface area contributed by atoms with Gasteiger partial charge in [-0.25, -0.2) is 9.78 Å². The highest BCUT2D eigenvalue weighted by Crippen LogP contribution is 2.19. The lowest BCUT2D eigenvalue weighted by atomic mass is 10.3. The number of carbonyl (C=O) groups is 1. The molecule has 0 unspecified atom stereocenters. The van der Waals surface area contributed by atoms with Gasteiger partial charge in [-0.15, -0.1) is 0 Å². The van der Waals surface area contributed by atoms with E-state index < -0.39 is 5.97 Å². The number of imidazole rings is 1. The number of esters is 1. The summed E-state index contributed by atoms with van der Waals surface area (Å²) < 4.78 is 10.1. The lowest BCUT2D eigenvalue weighted by Crippen LogP contribution is -2.00. The molecule has 0 bridgehead atoms. The standard InChI is InChI=1S/C11H12N2O3/c1-3-7-4-5-9(16-7)10-12-6-8(13-10)11(14)15-2/h4-6H,3H2,1-2H3,(H,12,13). The quantitative estimate of drug-likeness (QED) is 0.803. The van der Waals surface area contributed by atoms with Crippen LogP contribution in [-0.4, -0.2) is 23.0 Å². The topological polar surface area (TPSA) is 68.1 Å². The fraction of sp³-hybridized carbons (Fsp3) is 0.273. The molecule has 0 saturated carbocycles. The number of furan rings is 1. The van der Waals surface area contributed by atoms with Crippen LogP contribution in [0.15, 0.2) is 22.7 Å². The summed E-state index contributed by atoms with van der Waals surface area (Å²) in [4.78, 5) is 18.1. The Hall–Kier alpha value is -2.04. The first-order valence-corrected chi connectivity index (χ1v) is 4.97. The van der Waals surface area contributed by atoms with Gasteiger partial charge in [0.25, 0.3) is 0 Å². The molecule has 0 aromatic carbocycles. The van der Waals surface area contributed by atoms with Gasteiger partial charge in [-0.05, 0) is 12.1 Å². The van der Waals surface area contributed by atoms with Gasteiger partial charge in [0.05, 0.1) is 13.3 Å². The molecular formula is C11H12N2O3. The monoisotopic (exact) mass is 220 g/mol. The number of nitrogens with one attached hydrogen (secondary N) is 1. The maximum Gasteiger partial charge on any atom is 0.356 e. The molecule has 16 heavy (non-hydrogen) atoms. The smallest absolute Gasteiger partial charge is 0.356 e. The number of carbonyl (C=O) groups excluding carboxylic acids is 1. The maximum atomic E-state index is 11.2. The van der Waals surface area contributed by atoms with Gasteiger partial charge in [-0.2, -0.15) is 0 Å². The molecule has 2 rings (SSSR count). The summed E-state index contributed by atoms with van der Waals surface area (Å²) in [5.41, 5.74) is 0.312. The van der Waals surface area contributed by atoms with Gasteiger partial charge in [0.1, 0.15) is 11.5 Å². The van der Waals surface area contributed by atoms with Crippen LogP contribution in [0.3, 0.4) is 0 Å². The number of ether oxygens (including phenoxy) is 1. The molecule has 2 aromatic heterocycles. The Kier molecular flexibility index (Phi) is 2.76. The van der Waals surface area contributed by atoms with Crippen molar-refractivity contribution in [3.63, 3.8) is 0 Å². The fourth-order valence-corrected chi connectivity index (χ4v) is 1.36. The molecule has 0 spiro atoms. The van der Waals surface area contributed by atoms with E-state index in [0.29, 0.717) is 17.3 Å². The third kappa shape index (κ3) is 1.84. The Morgan fingerprint density at radius 2 is 2.38 bits per heavy atom. The molecule has 0 radical (unpaired) electrons. The van der Waals surface area contributed by atoms with Crippen molar-refractivity contribution in [1.29, 1.82) is 0 Å². The number of nitrogens with zero attached hydrogens (tertiary/aromatic N) is 1. The van der Waals surface area contributed by atoms with E-state index in [1.165, 1.54) is 13.3 Å². The van der Waals surface area contributed by atoms with E-state index >= 15 is 0 Å². The summed E-state index contributed by atoms with van der Waals surface area (Å²) in [5.74, 6) is 1.58. The third-order valence-electron chi connectivity index (χ3n) is 2.22. The van der Waals surface area contributed by atoms with Crippen LogP contribution in [0.4, 0.5) is 0 Å². The number of H-pyrrole nitrogens is 1.